The van der Waals surface area contributed by atoms with Gasteiger partial charge in [-0.15, -0.1) is 0 Å². The van der Waals surface area contributed by atoms with Crippen LogP contribution in [0.4, 0.5) is 0 Å². The highest BCUT2D eigenvalue weighted by Crippen LogP contribution is 2.29. The fourth-order valence-electron chi connectivity index (χ4n) is 3.06. The van der Waals surface area contributed by atoms with E-state index in [0.29, 0.717) is 23.0 Å². The Bertz CT molecular complexity index is 576. The van der Waals surface area contributed by atoms with E-state index < -0.39 is 10.0 Å². The average Bonchev–Trinajstić information content (AvgIpc) is 2.63. The van der Waals surface area contributed by atoms with Gasteiger partial charge in [0.05, 0.1) is 6.61 Å². The predicted octanol–water partition coefficient (Wildman–Crippen LogP) is 2.25. The summed E-state index contributed by atoms with van der Waals surface area (Å²) in [4.78, 5) is 0.107. The number of aliphatic hydroxyl groups is 1. The first kappa shape index (κ1) is 15.5. The van der Waals surface area contributed by atoms with Gasteiger partial charge in [0, 0.05) is 11.6 Å². The van der Waals surface area contributed by atoms with Crippen LogP contribution in [-0.2, 0) is 16.6 Å². The van der Waals surface area contributed by atoms with Gasteiger partial charge in [-0.3, -0.25) is 0 Å². The Kier molecular flexibility index (Phi) is 4.56. The standard InChI is InChI=1S/C14H23NO4S/c1-9-5-4-6-12(7-9)15-20(17,18)14-11(3)19-10(2)13(14)8-16/h9,12,15-16H,4-8H2,1-3H3. The summed E-state index contributed by atoms with van der Waals surface area (Å²) >= 11 is 0. The van der Waals surface area contributed by atoms with Crippen LogP contribution in [0.25, 0.3) is 0 Å². The van der Waals surface area contributed by atoms with Crippen molar-refractivity contribution in [3.8, 4) is 0 Å². The molecule has 5 nitrogen and oxygen atoms in total. The van der Waals surface area contributed by atoms with Gasteiger partial charge in [0.25, 0.3) is 0 Å². The van der Waals surface area contributed by atoms with Crippen LogP contribution >= 0.6 is 0 Å². The van der Waals surface area contributed by atoms with Crippen LogP contribution in [-0.4, -0.2) is 19.6 Å². The molecule has 1 aliphatic rings. The van der Waals surface area contributed by atoms with Crippen molar-refractivity contribution in [1.82, 2.24) is 4.72 Å². The summed E-state index contributed by atoms with van der Waals surface area (Å²) in [7, 11) is -3.64. The molecule has 114 valence electrons. The van der Waals surface area contributed by atoms with Gasteiger partial charge in [0.1, 0.15) is 16.4 Å². The molecule has 1 saturated carbocycles. The highest BCUT2D eigenvalue weighted by Gasteiger charge is 2.30. The summed E-state index contributed by atoms with van der Waals surface area (Å²) in [5.74, 6) is 1.34. The van der Waals surface area contributed by atoms with Gasteiger partial charge >= 0.3 is 0 Å². The van der Waals surface area contributed by atoms with Crippen LogP contribution in [0.15, 0.2) is 9.31 Å². The molecule has 20 heavy (non-hydrogen) atoms. The van der Waals surface area contributed by atoms with Crippen molar-refractivity contribution in [2.45, 2.75) is 64.0 Å². The van der Waals surface area contributed by atoms with Crippen LogP contribution in [0.5, 0.6) is 0 Å². The van der Waals surface area contributed by atoms with Crippen molar-refractivity contribution in [1.29, 1.82) is 0 Å². The van der Waals surface area contributed by atoms with Crippen molar-refractivity contribution >= 4 is 10.0 Å². The third-order valence-electron chi connectivity index (χ3n) is 4.01. The lowest BCUT2D eigenvalue weighted by atomic mass is 9.88. The first-order chi connectivity index (χ1) is 9.35. The van der Waals surface area contributed by atoms with E-state index in [9.17, 15) is 13.5 Å². The molecule has 1 fully saturated rings. The zero-order valence-corrected chi connectivity index (χ0v) is 13.1. The second-order valence-electron chi connectivity index (χ2n) is 5.77. The normalized spacial score (nSPS) is 24.0. The zero-order chi connectivity index (χ0) is 14.9. The summed E-state index contributed by atoms with van der Waals surface area (Å²) in [5.41, 5.74) is 0.360. The van der Waals surface area contributed by atoms with Crippen LogP contribution in [0.1, 0.15) is 49.7 Å². The van der Waals surface area contributed by atoms with E-state index in [1.807, 2.05) is 0 Å². The molecule has 0 radical (unpaired) electrons. The molecule has 1 heterocycles. The molecule has 0 aromatic carbocycles. The SMILES string of the molecule is Cc1oc(C)c(S(=O)(=O)NC2CCCC(C)C2)c1CO. The Morgan fingerprint density at radius 2 is 2.00 bits per heavy atom. The van der Waals surface area contributed by atoms with Crippen LogP contribution in [0.3, 0.4) is 0 Å². The molecule has 0 saturated heterocycles. The number of rotatable bonds is 4. The van der Waals surface area contributed by atoms with E-state index in [1.54, 1.807) is 13.8 Å². The van der Waals surface area contributed by atoms with Gasteiger partial charge in [-0.1, -0.05) is 19.8 Å². The number of hydrogen-bond acceptors (Lipinski definition) is 4. The molecule has 2 N–H and O–H groups in total. The van der Waals surface area contributed by atoms with E-state index in [-0.39, 0.29) is 17.5 Å². The number of aliphatic hydroxyl groups excluding tert-OH is 1. The van der Waals surface area contributed by atoms with Gasteiger partial charge in [0.15, 0.2) is 0 Å². The Labute approximate surface area is 120 Å². The summed E-state index contributed by atoms with van der Waals surface area (Å²) < 4.78 is 33.2. The largest absolute Gasteiger partial charge is 0.465 e. The molecule has 1 aliphatic carbocycles. The minimum Gasteiger partial charge on any atom is -0.465 e. The average molecular weight is 301 g/mol. The third kappa shape index (κ3) is 3.07. The molecule has 0 bridgehead atoms. The first-order valence-corrected chi connectivity index (χ1v) is 8.55. The molecule has 1 aromatic heterocycles. The zero-order valence-electron chi connectivity index (χ0n) is 12.3. The fraction of sp³-hybridized carbons (Fsp3) is 0.714. The number of aryl methyl sites for hydroxylation is 2. The van der Waals surface area contributed by atoms with E-state index >= 15 is 0 Å². The smallest absolute Gasteiger partial charge is 0.244 e. The Hall–Kier alpha value is -0.850. The molecule has 2 rings (SSSR count). The van der Waals surface area contributed by atoms with Gasteiger partial charge in [-0.25, -0.2) is 13.1 Å². The number of sulfonamides is 1. The van der Waals surface area contributed by atoms with Crippen molar-refractivity contribution in [2.75, 3.05) is 0 Å². The molecule has 2 unspecified atom stereocenters. The summed E-state index contributed by atoms with van der Waals surface area (Å²) in [5, 5.41) is 9.37. The summed E-state index contributed by atoms with van der Waals surface area (Å²) in [6.45, 7) is 5.10. The van der Waals surface area contributed by atoms with Crippen molar-refractivity contribution in [3.05, 3.63) is 17.1 Å². The Morgan fingerprint density at radius 1 is 1.30 bits per heavy atom. The maximum Gasteiger partial charge on any atom is 0.244 e. The second-order valence-corrected chi connectivity index (χ2v) is 7.42. The lowest BCUT2D eigenvalue weighted by Gasteiger charge is -2.27. The molecule has 0 aliphatic heterocycles. The predicted molar refractivity (Wildman–Crippen MR) is 75.8 cm³/mol. The highest BCUT2D eigenvalue weighted by molar-refractivity contribution is 7.89. The van der Waals surface area contributed by atoms with Gasteiger partial charge < -0.3 is 9.52 Å². The monoisotopic (exact) mass is 301 g/mol. The minimum absolute atomic E-state index is 0.0232. The third-order valence-corrected chi connectivity index (χ3v) is 5.73. The number of furan rings is 1. The molecule has 2 atom stereocenters. The van der Waals surface area contributed by atoms with E-state index in [0.717, 1.165) is 25.7 Å². The Balaban J connectivity index is 2.26. The van der Waals surface area contributed by atoms with Crippen LogP contribution < -0.4 is 4.72 Å². The molecular formula is C14H23NO4S. The maximum absolute atomic E-state index is 12.5. The molecular weight excluding hydrogens is 278 g/mol. The van der Waals surface area contributed by atoms with Crippen LogP contribution in [0.2, 0.25) is 0 Å². The van der Waals surface area contributed by atoms with Crippen LogP contribution in [0, 0.1) is 19.8 Å². The first-order valence-electron chi connectivity index (χ1n) is 7.07. The van der Waals surface area contributed by atoms with Gasteiger partial charge in [0.2, 0.25) is 10.0 Å². The molecule has 1 aromatic rings. The van der Waals surface area contributed by atoms with E-state index in [1.165, 1.54) is 0 Å². The maximum atomic E-state index is 12.5. The highest BCUT2D eigenvalue weighted by atomic mass is 32.2. The summed E-state index contributed by atoms with van der Waals surface area (Å²) in [6.07, 6.45) is 3.94. The van der Waals surface area contributed by atoms with E-state index in [4.69, 9.17) is 4.42 Å². The van der Waals surface area contributed by atoms with Crippen molar-refractivity contribution in [2.24, 2.45) is 5.92 Å². The lowest BCUT2D eigenvalue weighted by Crippen LogP contribution is -2.38. The Morgan fingerprint density at radius 3 is 2.60 bits per heavy atom. The van der Waals surface area contributed by atoms with Crippen molar-refractivity contribution < 1.29 is 17.9 Å². The quantitative estimate of drug-likeness (QED) is 0.894. The van der Waals surface area contributed by atoms with Gasteiger partial charge in [-0.2, -0.15) is 0 Å². The summed E-state index contributed by atoms with van der Waals surface area (Å²) in [6, 6.07) is -0.0232. The topological polar surface area (TPSA) is 79.5 Å². The van der Waals surface area contributed by atoms with Crippen molar-refractivity contribution in [3.63, 3.8) is 0 Å². The van der Waals surface area contributed by atoms with Gasteiger partial charge in [-0.05, 0) is 32.6 Å². The molecule has 0 amide bonds. The lowest BCUT2D eigenvalue weighted by molar-refractivity contribution is 0.276. The molecule has 6 heteroatoms. The number of hydrogen-bond donors (Lipinski definition) is 2. The van der Waals surface area contributed by atoms with E-state index in [2.05, 4.69) is 11.6 Å². The second kappa shape index (κ2) is 5.87. The number of nitrogens with one attached hydrogen (secondary N) is 1. The minimum atomic E-state index is -3.64. The molecule has 0 spiro atoms. The fourth-order valence-corrected chi connectivity index (χ4v) is 4.79.